The van der Waals surface area contributed by atoms with Gasteiger partial charge in [0, 0.05) is 31.8 Å². The predicted octanol–water partition coefficient (Wildman–Crippen LogP) is 0.988. The van der Waals surface area contributed by atoms with Gasteiger partial charge in [-0.25, -0.2) is 0 Å². The third kappa shape index (κ3) is 4.06. The molecule has 1 aliphatic heterocycles. The molecule has 1 aromatic heterocycles. The number of aromatic nitrogens is 2. The van der Waals surface area contributed by atoms with Crippen LogP contribution in [0.1, 0.15) is 37.4 Å². The molecule has 1 saturated heterocycles. The average Bonchev–Trinajstić information content (AvgIpc) is 3.02. The highest BCUT2D eigenvalue weighted by molar-refractivity contribution is 5.75. The summed E-state index contributed by atoms with van der Waals surface area (Å²) in [5.41, 5.74) is 2.20. The first-order valence-electron chi connectivity index (χ1n) is 7.17. The number of nitrogens with one attached hydrogen (secondary N) is 2. The number of carbonyl (C=O) groups excluding carboxylic acids is 1. The first kappa shape index (κ1) is 14.1. The van der Waals surface area contributed by atoms with Crippen LogP contribution in [0.2, 0.25) is 0 Å². The van der Waals surface area contributed by atoms with Crippen molar-refractivity contribution in [1.82, 2.24) is 20.4 Å². The summed E-state index contributed by atoms with van der Waals surface area (Å²) in [5.74, 6) is 0.827. The molecular weight excluding hydrogens is 240 g/mol. The molecule has 2 heterocycles. The van der Waals surface area contributed by atoms with E-state index in [-0.39, 0.29) is 5.91 Å². The molecule has 1 aliphatic rings. The molecule has 106 valence electrons. The van der Waals surface area contributed by atoms with E-state index in [0.717, 1.165) is 37.2 Å². The van der Waals surface area contributed by atoms with Gasteiger partial charge in [-0.1, -0.05) is 6.92 Å². The van der Waals surface area contributed by atoms with E-state index in [1.807, 2.05) is 17.9 Å². The minimum Gasteiger partial charge on any atom is -0.352 e. The lowest BCUT2D eigenvalue weighted by Crippen LogP contribution is -2.23. The van der Waals surface area contributed by atoms with Crippen molar-refractivity contribution in [3.63, 3.8) is 0 Å². The summed E-state index contributed by atoms with van der Waals surface area (Å²) in [6, 6.07) is 0. The number of aryl methyl sites for hydroxylation is 2. The van der Waals surface area contributed by atoms with Gasteiger partial charge >= 0.3 is 0 Å². The highest BCUT2D eigenvalue weighted by Crippen LogP contribution is 2.14. The third-order valence-electron chi connectivity index (χ3n) is 3.74. The molecule has 5 heteroatoms. The number of hydrogen-bond acceptors (Lipinski definition) is 3. The summed E-state index contributed by atoms with van der Waals surface area (Å²) in [7, 11) is 1.91. The lowest BCUT2D eigenvalue weighted by molar-refractivity contribution is -0.121. The quantitative estimate of drug-likeness (QED) is 0.805. The second-order valence-electron chi connectivity index (χ2n) is 5.30. The summed E-state index contributed by atoms with van der Waals surface area (Å²) in [6.45, 7) is 4.84. The van der Waals surface area contributed by atoms with Crippen LogP contribution in [0, 0.1) is 5.92 Å². The molecular formula is C14H24N4O. The summed E-state index contributed by atoms with van der Waals surface area (Å²) < 4.78 is 1.81. The molecule has 0 bridgehead atoms. The Morgan fingerprint density at radius 2 is 2.47 bits per heavy atom. The van der Waals surface area contributed by atoms with Crippen LogP contribution in [0.4, 0.5) is 0 Å². The Balaban J connectivity index is 1.73. The molecule has 1 fully saturated rings. The molecule has 5 nitrogen and oxygen atoms in total. The van der Waals surface area contributed by atoms with Gasteiger partial charge < -0.3 is 10.6 Å². The highest BCUT2D eigenvalue weighted by Gasteiger charge is 2.15. The van der Waals surface area contributed by atoms with Gasteiger partial charge in [0.2, 0.25) is 5.91 Å². The number of hydrogen-bond donors (Lipinski definition) is 2. The molecule has 1 aromatic rings. The van der Waals surface area contributed by atoms with E-state index >= 15 is 0 Å². The Morgan fingerprint density at radius 3 is 3.16 bits per heavy atom. The first-order chi connectivity index (χ1) is 9.19. The first-order valence-corrected chi connectivity index (χ1v) is 7.17. The Morgan fingerprint density at radius 1 is 1.63 bits per heavy atom. The number of rotatable bonds is 6. The van der Waals surface area contributed by atoms with Crippen molar-refractivity contribution in [1.29, 1.82) is 0 Å². The van der Waals surface area contributed by atoms with E-state index in [1.54, 1.807) is 0 Å². The fourth-order valence-corrected chi connectivity index (χ4v) is 2.61. The normalized spacial score (nSPS) is 18.7. The lowest BCUT2D eigenvalue weighted by atomic mass is 10.0. The van der Waals surface area contributed by atoms with Gasteiger partial charge in [0.1, 0.15) is 0 Å². The topological polar surface area (TPSA) is 59.0 Å². The third-order valence-corrected chi connectivity index (χ3v) is 3.74. The van der Waals surface area contributed by atoms with E-state index in [4.69, 9.17) is 0 Å². The Kier molecular flexibility index (Phi) is 4.96. The Hall–Kier alpha value is -1.36. The van der Waals surface area contributed by atoms with Gasteiger partial charge in [-0.2, -0.15) is 5.10 Å². The maximum Gasteiger partial charge on any atom is 0.220 e. The van der Waals surface area contributed by atoms with Crippen LogP contribution in [0.5, 0.6) is 0 Å². The molecule has 0 spiro atoms. The van der Waals surface area contributed by atoms with Crippen LogP contribution in [0.15, 0.2) is 6.20 Å². The average molecular weight is 264 g/mol. The molecule has 0 aromatic carbocycles. The predicted molar refractivity (Wildman–Crippen MR) is 74.6 cm³/mol. The minimum absolute atomic E-state index is 0.151. The molecule has 1 unspecified atom stereocenters. The smallest absolute Gasteiger partial charge is 0.220 e. The summed E-state index contributed by atoms with van der Waals surface area (Å²) in [4.78, 5) is 11.8. The minimum atomic E-state index is 0.151. The van der Waals surface area contributed by atoms with Gasteiger partial charge in [0.25, 0.3) is 0 Å². The molecule has 2 rings (SSSR count). The van der Waals surface area contributed by atoms with E-state index in [2.05, 4.69) is 22.7 Å². The molecule has 1 atom stereocenters. The maximum absolute atomic E-state index is 11.8. The van der Waals surface area contributed by atoms with E-state index in [0.29, 0.717) is 18.9 Å². The summed E-state index contributed by atoms with van der Waals surface area (Å²) in [6.07, 6.45) is 5.72. The van der Waals surface area contributed by atoms with Gasteiger partial charge in [0.15, 0.2) is 0 Å². The zero-order valence-electron chi connectivity index (χ0n) is 11.9. The Bertz CT molecular complexity index is 421. The number of carbonyl (C=O) groups is 1. The summed E-state index contributed by atoms with van der Waals surface area (Å²) >= 11 is 0. The molecule has 1 amide bonds. The summed E-state index contributed by atoms with van der Waals surface area (Å²) in [5, 5.41) is 10.7. The zero-order chi connectivity index (χ0) is 13.7. The second kappa shape index (κ2) is 6.70. The fraction of sp³-hybridized carbons (Fsp3) is 0.714. The van der Waals surface area contributed by atoms with Crippen molar-refractivity contribution in [3.8, 4) is 0 Å². The molecule has 0 aliphatic carbocycles. The van der Waals surface area contributed by atoms with E-state index < -0.39 is 0 Å². The lowest BCUT2D eigenvalue weighted by Gasteiger charge is -2.08. The van der Waals surface area contributed by atoms with Crippen molar-refractivity contribution < 1.29 is 4.79 Å². The van der Waals surface area contributed by atoms with Crippen LogP contribution in [-0.4, -0.2) is 28.8 Å². The molecule has 2 N–H and O–H groups in total. The van der Waals surface area contributed by atoms with Crippen LogP contribution >= 0.6 is 0 Å². The van der Waals surface area contributed by atoms with Crippen LogP contribution in [0.3, 0.4) is 0 Å². The molecule has 0 radical (unpaired) electrons. The fourth-order valence-electron chi connectivity index (χ4n) is 2.61. The van der Waals surface area contributed by atoms with Crippen LogP contribution < -0.4 is 10.6 Å². The van der Waals surface area contributed by atoms with Crippen molar-refractivity contribution in [2.75, 3.05) is 13.1 Å². The monoisotopic (exact) mass is 264 g/mol. The van der Waals surface area contributed by atoms with E-state index in [1.165, 1.54) is 6.42 Å². The molecule has 0 saturated carbocycles. The van der Waals surface area contributed by atoms with E-state index in [9.17, 15) is 4.79 Å². The molecule has 19 heavy (non-hydrogen) atoms. The Labute approximate surface area is 114 Å². The maximum atomic E-state index is 11.8. The second-order valence-corrected chi connectivity index (χ2v) is 5.30. The van der Waals surface area contributed by atoms with Crippen LogP contribution in [0.25, 0.3) is 0 Å². The highest BCUT2D eigenvalue weighted by atomic mass is 16.1. The van der Waals surface area contributed by atoms with Gasteiger partial charge in [-0.3, -0.25) is 9.48 Å². The van der Waals surface area contributed by atoms with Crippen molar-refractivity contribution >= 4 is 5.91 Å². The van der Waals surface area contributed by atoms with Gasteiger partial charge in [-0.15, -0.1) is 0 Å². The van der Waals surface area contributed by atoms with Crippen molar-refractivity contribution in [3.05, 3.63) is 17.5 Å². The van der Waals surface area contributed by atoms with Gasteiger partial charge in [0.05, 0.1) is 5.69 Å². The largest absolute Gasteiger partial charge is 0.352 e. The van der Waals surface area contributed by atoms with Gasteiger partial charge in [-0.05, 0) is 38.3 Å². The SMILES string of the molecule is CCc1nn(C)cc1CNC(=O)CCC1CCNC1. The zero-order valence-corrected chi connectivity index (χ0v) is 11.9. The van der Waals surface area contributed by atoms with Crippen molar-refractivity contribution in [2.24, 2.45) is 13.0 Å². The van der Waals surface area contributed by atoms with Crippen LogP contribution in [-0.2, 0) is 24.8 Å². The standard InChI is InChI=1S/C14H24N4O/c1-3-13-12(10-18(2)17-13)9-16-14(19)5-4-11-6-7-15-8-11/h10-11,15H,3-9H2,1-2H3,(H,16,19). The number of amides is 1. The number of nitrogens with zero attached hydrogens (tertiary/aromatic N) is 2. The van der Waals surface area contributed by atoms with Crippen molar-refractivity contribution in [2.45, 2.75) is 39.2 Å².